The molecule has 2 N–H and O–H groups in total. The number of halogens is 4. The highest BCUT2D eigenvalue weighted by Crippen LogP contribution is 2.41. The SMILES string of the molecule is Cc1cc(CCCCN)cc(SC(F)(F)F)c1Cl. The van der Waals surface area contributed by atoms with Gasteiger partial charge in [-0.05, 0) is 61.7 Å². The van der Waals surface area contributed by atoms with E-state index in [4.69, 9.17) is 17.3 Å². The number of hydrogen-bond donors (Lipinski definition) is 1. The van der Waals surface area contributed by atoms with E-state index in [2.05, 4.69) is 0 Å². The van der Waals surface area contributed by atoms with E-state index in [-0.39, 0.29) is 21.7 Å². The zero-order chi connectivity index (χ0) is 13.8. The van der Waals surface area contributed by atoms with Gasteiger partial charge < -0.3 is 5.73 Å². The smallest absolute Gasteiger partial charge is 0.330 e. The summed E-state index contributed by atoms with van der Waals surface area (Å²) in [7, 11) is 0. The van der Waals surface area contributed by atoms with E-state index in [1.54, 1.807) is 6.92 Å². The lowest BCUT2D eigenvalue weighted by Gasteiger charge is -2.12. The zero-order valence-electron chi connectivity index (χ0n) is 9.98. The minimum Gasteiger partial charge on any atom is -0.330 e. The fraction of sp³-hybridized carbons (Fsp3) is 0.500. The van der Waals surface area contributed by atoms with Gasteiger partial charge in [-0.15, -0.1) is 0 Å². The van der Waals surface area contributed by atoms with Crippen molar-refractivity contribution in [1.82, 2.24) is 0 Å². The maximum atomic E-state index is 12.4. The lowest BCUT2D eigenvalue weighted by molar-refractivity contribution is -0.0328. The molecular formula is C12H15ClF3NS. The molecule has 1 nitrogen and oxygen atoms in total. The molecule has 102 valence electrons. The fourth-order valence-corrected chi connectivity index (χ4v) is 2.56. The molecule has 0 saturated carbocycles. The normalized spacial score (nSPS) is 11.9. The highest BCUT2D eigenvalue weighted by atomic mass is 35.5. The van der Waals surface area contributed by atoms with Gasteiger partial charge in [-0.1, -0.05) is 17.7 Å². The van der Waals surface area contributed by atoms with Gasteiger partial charge in [0.1, 0.15) is 0 Å². The zero-order valence-corrected chi connectivity index (χ0v) is 11.6. The van der Waals surface area contributed by atoms with Gasteiger partial charge in [0.05, 0.1) is 5.02 Å². The molecule has 0 fully saturated rings. The van der Waals surface area contributed by atoms with Crippen LogP contribution in [0.3, 0.4) is 0 Å². The van der Waals surface area contributed by atoms with Crippen LogP contribution in [0.1, 0.15) is 24.0 Å². The van der Waals surface area contributed by atoms with Crippen LogP contribution in [-0.2, 0) is 6.42 Å². The molecular weight excluding hydrogens is 283 g/mol. The lowest BCUT2D eigenvalue weighted by Crippen LogP contribution is -2.01. The summed E-state index contributed by atoms with van der Waals surface area (Å²) >= 11 is 5.73. The average Bonchev–Trinajstić information content (AvgIpc) is 2.23. The second kappa shape index (κ2) is 6.68. The molecule has 6 heteroatoms. The van der Waals surface area contributed by atoms with Crippen LogP contribution in [0, 0.1) is 6.92 Å². The van der Waals surface area contributed by atoms with Crippen LogP contribution >= 0.6 is 23.4 Å². The second-order valence-corrected chi connectivity index (χ2v) is 5.50. The third-order valence-corrected chi connectivity index (χ3v) is 3.81. The minimum absolute atomic E-state index is 0.0758. The molecule has 0 aliphatic heterocycles. The van der Waals surface area contributed by atoms with Gasteiger partial charge in [-0.25, -0.2) is 0 Å². The van der Waals surface area contributed by atoms with Crippen LogP contribution in [0.15, 0.2) is 17.0 Å². The van der Waals surface area contributed by atoms with Gasteiger partial charge in [0.2, 0.25) is 0 Å². The number of thioether (sulfide) groups is 1. The van der Waals surface area contributed by atoms with Crippen LogP contribution in [0.25, 0.3) is 0 Å². The molecule has 0 heterocycles. The molecule has 0 amide bonds. The Morgan fingerprint density at radius 2 is 1.94 bits per heavy atom. The summed E-state index contributed by atoms with van der Waals surface area (Å²) in [6.45, 7) is 2.31. The summed E-state index contributed by atoms with van der Waals surface area (Å²) in [6.07, 6.45) is 2.46. The first-order valence-corrected chi connectivity index (χ1v) is 6.78. The Labute approximate surface area is 114 Å². The molecule has 1 rings (SSSR count). The maximum Gasteiger partial charge on any atom is 0.446 e. The quantitative estimate of drug-likeness (QED) is 0.638. The summed E-state index contributed by atoms with van der Waals surface area (Å²) in [5.74, 6) is 0. The van der Waals surface area contributed by atoms with E-state index >= 15 is 0 Å². The molecule has 0 unspecified atom stereocenters. The van der Waals surface area contributed by atoms with Crippen molar-refractivity contribution >= 4 is 23.4 Å². The molecule has 0 spiro atoms. The highest BCUT2D eigenvalue weighted by molar-refractivity contribution is 8.00. The predicted octanol–water partition coefficient (Wildman–Crippen LogP) is 4.54. The largest absolute Gasteiger partial charge is 0.446 e. The Balaban J connectivity index is 2.88. The molecule has 0 saturated heterocycles. The van der Waals surface area contributed by atoms with E-state index in [1.165, 1.54) is 6.07 Å². The van der Waals surface area contributed by atoms with Crippen LogP contribution < -0.4 is 5.73 Å². The van der Waals surface area contributed by atoms with Crippen molar-refractivity contribution in [2.75, 3.05) is 6.54 Å². The number of unbranched alkanes of at least 4 members (excludes halogenated alkanes) is 1. The first-order chi connectivity index (χ1) is 8.33. The highest BCUT2D eigenvalue weighted by Gasteiger charge is 2.30. The molecule has 1 aromatic carbocycles. The van der Waals surface area contributed by atoms with Crippen LogP contribution in [0.5, 0.6) is 0 Å². The molecule has 0 atom stereocenters. The molecule has 0 radical (unpaired) electrons. The Hall–Kier alpha value is -0.390. The van der Waals surface area contributed by atoms with Crippen LogP contribution in [0.2, 0.25) is 5.02 Å². The van der Waals surface area contributed by atoms with Gasteiger partial charge in [0.15, 0.2) is 0 Å². The Bertz CT molecular complexity index is 407. The van der Waals surface area contributed by atoms with Gasteiger partial charge in [0, 0.05) is 4.90 Å². The monoisotopic (exact) mass is 297 g/mol. The predicted molar refractivity (Wildman–Crippen MR) is 70.1 cm³/mol. The van der Waals surface area contributed by atoms with Gasteiger partial charge in [0.25, 0.3) is 0 Å². The molecule has 0 aromatic heterocycles. The Morgan fingerprint density at radius 1 is 1.28 bits per heavy atom. The van der Waals surface area contributed by atoms with Crippen molar-refractivity contribution in [3.8, 4) is 0 Å². The number of alkyl halides is 3. The van der Waals surface area contributed by atoms with E-state index in [1.807, 2.05) is 6.07 Å². The third kappa shape index (κ3) is 5.08. The average molecular weight is 298 g/mol. The molecule has 0 aliphatic rings. The van der Waals surface area contributed by atoms with Crippen molar-refractivity contribution in [2.45, 2.75) is 36.6 Å². The fourth-order valence-electron chi connectivity index (χ4n) is 1.63. The molecule has 1 aromatic rings. The van der Waals surface area contributed by atoms with E-state index in [0.717, 1.165) is 24.8 Å². The number of hydrogen-bond acceptors (Lipinski definition) is 2. The number of rotatable bonds is 5. The molecule has 0 aliphatic carbocycles. The van der Waals surface area contributed by atoms with E-state index in [0.29, 0.717) is 12.1 Å². The van der Waals surface area contributed by atoms with Gasteiger partial charge in [-0.2, -0.15) is 13.2 Å². The summed E-state index contributed by atoms with van der Waals surface area (Å²) in [5.41, 5.74) is 2.62. The first-order valence-electron chi connectivity index (χ1n) is 5.58. The maximum absolute atomic E-state index is 12.4. The van der Waals surface area contributed by atoms with Crippen LogP contribution in [-0.4, -0.2) is 12.1 Å². The lowest BCUT2D eigenvalue weighted by atomic mass is 10.1. The summed E-state index contributed by atoms with van der Waals surface area (Å²) in [4.78, 5) is 0.0758. The van der Waals surface area contributed by atoms with E-state index in [9.17, 15) is 13.2 Å². The third-order valence-electron chi connectivity index (χ3n) is 2.43. The summed E-state index contributed by atoms with van der Waals surface area (Å²) < 4.78 is 37.1. The number of benzene rings is 1. The number of aryl methyl sites for hydroxylation is 2. The van der Waals surface area contributed by atoms with Gasteiger partial charge in [-0.3, -0.25) is 0 Å². The van der Waals surface area contributed by atoms with Crippen molar-refractivity contribution in [3.63, 3.8) is 0 Å². The van der Waals surface area contributed by atoms with E-state index < -0.39 is 5.51 Å². The van der Waals surface area contributed by atoms with Gasteiger partial charge >= 0.3 is 5.51 Å². The molecule has 18 heavy (non-hydrogen) atoms. The second-order valence-electron chi connectivity index (χ2n) is 4.02. The van der Waals surface area contributed by atoms with Crippen molar-refractivity contribution in [1.29, 1.82) is 0 Å². The summed E-state index contributed by atoms with van der Waals surface area (Å²) in [5, 5.41) is 0.180. The molecule has 0 bridgehead atoms. The first kappa shape index (κ1) is 15.7. The Morgan fingerprint density at radius 3 is 2.50 bits per heavy atom. The topological polar surface area (TPSA) is 26.0 Å². The van der Waals surface area contributed by atoms with Crippen molar-refractivity contribution in [3.05, 3.63) is 28.3 Å². The standard InChI is InChI=1S/C12H15ClF3NS/c1-8-6-9(4-2-3-5-17)7-10(11(8)13)18-12(14,15)16/h6-7H,2-5,17H2,1H3. The van der Waals surface area contributed by atoms with Crippen molar-refractivity contribution < 1.29 is 13.2 Å². The summed E-state index contributed by atoms with van der Waals surface area (Å²) in [6, 6.07) is 3.35. The number of nitrogens with two attached hydrogens (primary N) is 1. The minimum atomic E-state index is -4.31. The van der Waals surface area contributed by atoms with Crippen molar-refractivity contribution in [2.24, 2.45) is 5.73 Å². The Kier molecular flexibility index (Phi) is 5.82. The van der Waals surface area contributed by atoms with Crippen LogP contribution in [0.4, 0.5) is 13.2 Å².